The minimum Gasteiger partial charge on any atom is -0.493 e. The van der Waals surface area contributed by atoms with Crippen molar-refractivity contribution in [1.29, 1.82) is 0 Å². The van der Waals surface area contributed by atoms with E-state index in [1.807, 2.05) is 13.8 Å². The molecule has 0 saturated heterocycles. The molecule has 0 atom stereocenters. The van der Waals surface area contributed by atoms with Gasteiger partial charge in [0.25, 0.3) is 5.91 Å². The first-order valence-electron chi connectivity index (χ1n) is 10.7. The van der Waals surface area contributed by atoms with Gasteiger partial charge in [0, 0.05) is 12.1 Å². The molecule has 34 heavy (non-hydrogen) atoms. The van der Waals surface area contributed by atoms with Gasteiger partial charge in [-0.25, -0.2) is 23.7 Å². The molecule has 176 valence electrons. The average molecular weight is 465 g/mol. The fourth-order valence-corrected chi connectivity index (χ4v) is 3.73. The second-order valence-electron chi connectivity index (χ2n) is 7.80. The maximum atomic E-state index is 13.5. The zero-order valence-corrected chi connectivity index (χ0v) is 19.2. The van der Waals surface area contributed by atoms with Gasteiger partial charge in [0.2, 0.25) is 0 Å². The number of hydrogen-bond acceptors (Lipinski definition) is 6. The highest BCUT2D eigenvalue weighted by atomic mass is 19.1. The number of aryl methyl sites for hydroxylation is 1. The molecule has 0 bridgehead atoms. The molecule has 0 fully saturated rings. The Morgan fingerprint density at radius 2 is 1.82 bits per heavy atom. The maximum absolute atomic E-state index is 13.5. The number of carbonyl (C=O) groups is 1. The topological polar surface area (TPSA) is 114 Å². The van der Waals surface area contributed by atoms with E-state index in [0.29, 0.717) is 22.7 Å². The highest BCUT2D eigenvalue weighted by molar-refractivity contribution is 6.02. The van der Waals surface area contributed by atoms with Gasteiger partial charge in [-0.2, -0.15) is 0 Å². The van der Waals surface area contributed by atoms with Crippen LogP contribution in [0.5, 0.6) is 11.5 Å². The number of benzene rings is 2. The number of ether oxygens (including phenoxy) is 2. The number of fused-ring (bicyclic) bond motifs is 1. The van der Waals surface area contributed by atoms with E-state index in [2.05, 4.69) is 9.97 Å². The first-order valence-corrected chi connectivity index (χ1v) is 10.7. The van der Waals surface area contributed by atoms with Crippen molar-refractivity contribution in [1.82, 2.24) is 19.1 Å². The van der Waals surface area contributed by atoms with Crippen LogP contribution in [0.3, 0.4) is 0 Å². The number of halogens is 1. The molecule has 4 aromatic rings. The lowest BCUT2D eigenvalue weighted by Crippen LogP contribution is -2.23. The summed E-state index contributed by atoms with van der Waals surface area (Å²) >= 11 is 0. The Morgan fingerprint density at radius 3 is 2.41 bits per heavy atom. The molecule has 0 radical (unpaired) electrons. The van der Waals surface area contributed by atoms with E-state index >= 15 is 0 Å². The summed E-state index contributed by atoms with van der Waals surface area (Å²) in [6, 6.07) is 10.5. The van der Waals surface area contributed by atoms with Crippen LogP contribution in [0, 0.1) is 5.82 Å². The molecule has 9 nitrogen and oxygen atoms in total. The fourth-order valence-electron chi connectivity index (χ4n) is 3.73. The number of rotatable bonds is 7. The minimum atomic E-state index is -0.807. The molecule has 0 aliphatic heterocycles. The Balaban J connectivity index is 2.02. The molecule has 2 heterocycles. The lowest BCUT2D eigenvalue weighted by Gasteiger charge is -2.14. The van der Waals surface area contributed by atoms with Gasteiger partial charge in [-0.3, -0.25) is 9.36 Å². The molecule has 1 amide bonds. The fraction of sp³-hybridized carbons (Fsp3) is 0.250. The number of amides is 1. The second-order valence-corrected chi connectivity index (χ2v) is 7.80. The molecule has 10 heteroatoms. The van der Waals surface area contributed by atoms with E-state index in [1.54, 1.807) is 25.1 Å². The predicted molar refractivity (Wildman–Crippen MR) is 125 cm³/mol. The number of hydrogen-bond donors (Lipinski definition) is 1. The first-order chi connectivity index (χ1) is 16.2. The summed E-state index contributed by atoms with van der Waals surface area (Å²) in [5.41, 5.74) is 6.42. The lowest BCUT2D eigenvalue weighted by molar-refractivity contribution is 0.0997. The number of carbonyl (C=O) groups excluding carboxylic acids is 1. The van der Waals surface area contributed by atoms with Crippen molar-refractivity contribution >= 4 is 17.1 Å². The third-order valence-electron chi connectivity index (χ3n) is 5.19. The van der Waals surface area contributed by atoms with Gasteiger partial charge in [0.05, 0.1) is 18.9 Å². The van der Waals surface area contributed by atoms with Gasteiger partial charge in [-0.15, -0.1) is 0 Å². The van der Waals surface area contributed by atoms with E-state index in [4.69, 9.17) is 15.2 Å². The number of nitrogens with two attached hydrogens (primary N) is 1. The zero-order chi connectivity index (χ0) is 24.6. The average Bonchev–Trinajstić information content (AvgIpc) is 3.09. The molecule has 0 spiro atoms. The highest BCUT2D eigenvalue weighted by Gasteiger charge is 2.24. The number of primary amides is 1. The summed E-state index contributed by atoms with van der Waals surface area (Å²) < 4.78 is 27.4. The Morgan fingerprint density at radius 1 is 1.12 bits per heavy atom. The van der Waals surface area contributed by atoms with E-state index in [0.717, 1.165) is 0 Å². The van der Waals surface area contributed by atoms with Crippen molar-refractivity contribution in [2.24, 2.45) is 5.73 Å². The normalized spacial score (nSPS) is 11.2. The number of imidazole rings is 1. The van der Waals surface area contributed by atoms with Crippen molar-refractivity contribution < 1.29 is 18.7 Å². The maximum Gasteiger partial charge on any atom is 0.335 e. The largest absolute Gasteiger partial charge is 0.493 e. The number of aromatic nitrogens is 4. The van der Waals surface area contributed by atoms with Gasteiger partial charge >= 0.3 is 5.69 Å². The summed E-state index contributed by atoms with van der Waals surface area (Å²) in [6.07, 6.45) is -0.0623. The van der Waals surface area contributed by atoms with Crippen LogP contribution in [0.4, 0.5) is 4.39 Å². The molecule has 2 aromatic heterocycles. The Hall–Kier alpha value is -4.21. The summed E-state index contributed by atoms with van der Waals surface area (Å²) in [7, 11) is 1.51. The monoisotopic (exact) mass is 465 g/mol. The van der Waals surface area contributed by atoms with Crippen molar-refractivity contribution in [2.75, 3.05) is 7.11 Å². The lowest BCUT2D eigenvalue weighted by atomic mass is 10.1. The Labute approximate surface area is 194 Å². The SMILES string of the molecule is CCn1c(=O)n(-c2ccc(F)cc2)c2nc(-c3ccc(OC(C)C)c(OC)c3)nc(C(N)=O)c21. The van der Waals surface area contributed by atoms with Crippen molar-refractivity contribution in [2.45, 2.75) is 33.4 Å². The van der Waals surface area contributed by atoms with E-state index in [1.165, 1.54) is 40.5 Å². The molecule has 2 aromatic carbocycles. The van der Waals surface area contributed by atoms with E-state index in [9.17, 15) is 14.0 Å². The van der Waals surface area contributed by atoms with Crippen molar-refractivity contribution in [3.8, 4) is 28.6 Å². The standard InChI is InChI=1S/C24H24FN5O4/c1-5-29-20-19(21(26)31)27-22(14-6-11-17(34-13(2)3)18(12-14)33-4)28-23(20)30(24(29)32)16-9-7-15(25)8-10-16/h6-13H,5H2,1-4H3,(H2,26,31). The molecule has 0 unspecified atom stereocenters. The minimum absolute atomic E-state index is 0.0623. The molecule has 0 aliphatic carbocycles. The van der Waals surface area contributed by atoms with E-state index in [-0.39, 0.29) is 35.3 Å². The molecule has 0 aliphatic rings. The summed E-state index contributed by atoms with van der Waals surface area (Å²) in [5, 5.41) is 0. The van der Waals surface area contributed by atoms with Crippen LogP contribution in [0.1, 0.15) is 31.3 Å². The smallest absolute Gasteiger partial charge is 0.335 e. The zero-order valence-electron chi connectivity index (χ0n) is 19.2. The molecular weight excluding hydrogens is 441 g/mol. The van der Waals surface area contributed by atoms with Gasteiger partial charge in [-0.1, -0.05) is 0 Å². The second kappa shape index (κ2) is 8.97. The summed E-state index contributed by atoms with van der Waals surface area (Å²) in [4.78, 5) is 34.6. The number of nitrogens with zero attached hydrogens (tertiary/aromatic N) is 4. The molecule has 4 rings (SSSR count). The number of methoxy groups -OCH3 is 1. The molecular formula is C24H24FN5O4. The van der Waals surface area contributed by atoms with Gasteiger partial charge < -0.3 is 15.2 Å². The molecule has 2 N–H and O–H groups in total. The van der Waals surface area contributed by atoms with Gasteiger partial charge in [0.1, 0.15) is 11.3 Å². The third-order valence-corrected chi connectivity index (χ3v) is 5.19. The van der Waals surface area contributed by atoms with Crippen molar-refractivity contribution in [3.63, 3.8) is 0 Å². The van der Waals surface area contributed by atoms with Gasteiger partial charge in [-0.05, 0) is 63.2 Å². The van der Waals surface area contributed by atoms with Crippen molar-refractivity contribution in [3.05, 3.63) is 64.5 Å². The van der Waals surface area contributed by atoms with Crippen LogP contribution in [0.15, 0.2) is 47.3 Å². The quantitative estimate of drug-likeness (QED) is 0.448. The van der Waals surface area contributed by atoms with Crippen LogP contribution in [0.2, 0.25) is 0 Å². The Kier molecular flexibility index (Phi) is 6.06. The van der Waals surface area contributed by atoms with E-state index < -0.39 is 17.4 Å². The third kappa shape index (κ3) is 3.98. The van der Waals surface area contributed by atoms with Crippen LogP contribution < -0.4 is 20.9 Å². The Bertz CT molecular complexity index is 1440. The first kappa shape index (κ1) is 23.0. The van der Waals surface area contributed by atoms with Crippen LogP contribution in [-0.4, -0.2) is 38.2 Å². The predicted octanol–water partition coefficient (Wildman–Crippen LogP) is 3.30. The van der Waals surface area contributed by atoms with Crippen LogP contribution >= 0.6 is 0 Å². The summed E-state index contributed by atoms with van der Waals surface area (Å²) in [5.74, 6) is -0.0889. The van der Waals surface area contributed by atoms with Gasteiger partial charge in [0.15, 0.2) is 28.7 Å². The van der Waals surface area contributed by atoms with Crippen LogP contribution in [-0.2, 0) is 6.54 Å². The van der Waals surface area contributed by atoms with Crippen LogP contribution in [0.25, 0.3) is 28.2 Å². The molecule has 0 saturated carbocycles. The summed E-state index contributed by atoms with van der Waals surface area (Å²) in [6.45, 7) is 5.81. The highest BCUT2D eigenvalue weighted by Crippen LogP contribution is 2.33.